The predicted molar refractivity (Wildman–Crippen MR) is 101 cm³/mol. The summed E-state index contributed by atoms with van der Waals surface area (Å²) in [4.78, 5) is 16.9. The first kappa shape index (κ1) is 19.2. The van der Waals surface area contributed by atoms with Gasteiger partial charge in [0.25, 0.3) is 5.91 Å². The Kier molecular flexibility index (Phi) is 4.86. The average molecular weight is 400 g/mol. The molecule has 8 heteroatoms. The number of aromatic nitrogens is 3. The van der Waals surface area contributed by atoms with E-state index in [-0.39, 0.29) is 17.9 Å². The fraction of sp³-hybridized carbons (Fsp3) is 0.286. The first-order chi connectivity index (χ1) is 13.8. The van der Waals surface area contributed by atoms with Crippen molar-refractivity contribution in [1.82, 2.24) is 20.1 Å². The normalized spacial score (nSPS) is 15.2. The number of pyridine rings is 1. The van der Waals surface area contributed by atoms with E-state index in [2.05, 4.69) is 15.4 Å². The van der Waals surface area contributed by atoms with Crippen LogP contribution in [0.15, 0.2) is 55.0 Å². The molecule has 1 unspecified atom stereocenters. The van der Waals surface area contributed by atoms with Gasteiger partial charge in [0.1, 0.15) is 0 Å². The lowest BCUT2D eigenvalue weighted by Gasteiger charge is -2.15. The SMILES string of the molecule is CC(NC(=O)c1cnn(-c2cccc(C(F)(F)F)c2)c1C1CC1)c1ccncc1. The van der Waals surface area contributed by atoms with Crippen LogP contribution < -0.4 is 5.32 Å². The van der Waals surface area contributed by atoms with E-state index < -0.39 is 11.7 Å². The van der Waals surface area contributed by atoms with E-state index in [1.165, 1.54) is 16.9 Å². The number of nitrogens with zero attached hydrogens (tertiary/aromatic N) is 3. The quantitative estimate of drug-likeness (QED) is 0.678. The number of hydrogen-bond donors (Lipinski definition) is 1. The lowest BCUT2D eigenvalue weighted by Crippen LogP contribution is -2.27. The van der Waals surface area contributed by atoms with E-state index in [1.54, 1.807) is 18.5 Å². The maximum Gasteiger partial charge on any atom is 0.416 e. The summed E-state index contributed by atoms with van der Waals surface area (Å²) in [7, 11) is 0. The lowest BCUT2D eigenvalue weighted by atomic mass is 10.1. The second kappa shape index (κ2) is 7.35. The van der Waals surface area contributed by atoms with E-state index in [4.69, 9.17) is 0 Å². The van der Waals surface area contributed by atoms with Gasteiger partial charge in [0.2, 0.25) is 0 Å². The summed E-state index contributed by atoms with van der Waals surface area (Å²) in [5.41, 5.74) is 1.51. The van der Waals surface area contributed by atoms with Gasteiger partial charge in [0.15, 0.2) is 0 Å². The van der Waals surface area contributed by atoms with Crippen molar-refractivity contribution in [3.8, 4) is 5.69 Å². The van der Waals surface area contributed by atoms with Crippen LogP contribution in [0.1, 0.15) is 58.9 Å². The van der Waals surface area contributed by atoms with Crippen molar-refractivity contribution in [3.05, 3.63) is 77.4 Å². The van der Waals surface area contributed by atoms with E-state index >= 15 is 0 Å². The molecule has 1 N–H and O–H groups in total. The highest BCUT2D eigenvalue weighted by atomic mass is 19.4. The third-order valence-electron chi connectivity index (χ3n) is 4.99. The molecule has 2 heterocycles. The van der Waals surface area contributed by atoms with Crippen LogP contribution >= 0.6 is 0 Å². The smallest absolute Gasteiger partial charge is 0.345 e. The summed E-state index contributed by atoms with van der Waals surface area (Å²) >= 11 is 0. The summed E-state index contributed by atoms with van der Waals surface area (Å²) < 4.78 is 40.7. The van der Waals surface area contributed by atoms with Crippen LogP contribution in [0.25, 0.3) is 5.69 Å². The minimum Gasteiger partial charge on any atom is -0.345 e. The van der Waals surface area contributed by atoms with Gasteiger partial charge >= 0.3 is 6.18 Å². The molecule has 1 aromatic carbocycles. The van der Waals surface area contributed by atoms with Crippen LogP contribution in [0.4, 0.5) is 13.2 Å². The van der Waals surface area contributed by atoms with Gasteiger partial charge in [-0.05, 0) is 55.7 Å². The molecule has 0 saturated heterocycles. The third-order valence-corrected chi connectivity index (χ3v) is 4.99. The Labute approximate surface area is 165 Å². The molecule has 1 atom stereocenters. The maximum atomic E-state index is 13.1. The highest BCUT2D eigenvalue weighted by Crippen LogP contribution is 2.43. The van der Waals surface area contributed by atoms with Crippen molar-refractivity contribution < 1.29 is 18.0 Å². The van der Waals surface area contributed by atoms with Gasteiger partial charge in [-0.25, -0.2) is 4.68 Å². The molecule has 4 rings (SSSR count). The van der Waals surface area contributed by atoms with Gasteiger partial charge in [0, 0.05) is 18.3 Å². The van der Waals surface area contributed by atoms with Gasteiger partial charge in [-0.3, -0.25) is 9.78 Å². The molecule has 150 valence electrons. The van der Waals surface area contributed by atoms with E-state index in [0.717, 1.165) is 30.5 Å². The highest BCUT2D eigenvalue weighted by Gasteiger charge is 2.34. The number of hydrogen-bond acceptors (Lipinski definition) is 3. The molecular formula is C21H19F3N4O. The average Bonchev–Trinajstić information content (AvgIpc) is 3.45. The number of carbonyl (C=O) groups excluding carboxylic acids is 1. The third kappa shape index (κ3) is 4.01. The van der Waals surface area contributed by atoms with E-state index in [1.807, 2.05) is 19.1 Å². The lowest BCUT2D eigenvalue weighted by molar-refractivity contribution is -0.137. The van der Waals surface area contributed by atoms with Gasteiger partial charge in [-0.2, -0.15) is 18.3 Å². The molecule has 2 aromatic heterocycles. The Morgan fingerprint density at radius 1 is 1.21 bits per heavy atom. The van der Waals surface area contributed by atoms with Crippen LogP contribution in [0, 0.1) is 0 Å². The standard InChI is InChI=1S/C21H19F3N4O/c1-13(14-7-9-25-10-8-14)27-20(29)18-12-26-28(19(18)15-5-6-15)17-4-2-3-16(11-17)21(22,23)24/h2-4,7-13,15H,5-6H2,1H3,(H,27,29). The minimum absolute atomic E-state index is 0.115. The molecule has 0 aliphatic heterocycles. The van der Waals surface area contributed by atoms with E-state index in [9.17, 15) is 18.0 Å². The van der Waals surface area contributed by atoms with Crippen molar-refractivity contribution in [1.29, 1.82) is 0 Å². The summed E-state index contributed by atoms with van der Waals surface area (Å²) in [6.45, 7) is 1.86. The van der Waals surface area contributed by atoms with Gasteiger partial charge < -0.3 is 5.32 Å². The minimum atomic E-state index is -4.44. The Bertz CT molecular complexity index is 1030. The largest absolute Gasteiger partial charge is 0.416 e. The van der Waals surface area contributed by atoms with Crippen LogP contribution in [-0.4, -0.2) is 20.7 Å². The molecular weight excluding hydrogens is 381 g/mol. The van der Waals surface area contributed by atoms with Crippen LogP contribution in [0.5, 0.6) is 0 Å². The van der Waals surface area contributed by atoms with Crippen molar-refractivity contribution in [2.45, 2.75) is 37.9 Å². The Balaban J connectivity index is 1.65. The predicted octanol–water partition coefficient (Wildman–Crippen LogP) is 4.65. The highest BCUT2D eigenvalue weighted by molar-refractivity contribution is 5.95. The molecule has 1 fully saturated rings. The summed E-state index contributed by atoms with van der Waals surface area (Å²) in [6, 6.07) is 8.39. The van der Waals surface area contributed by atoms with Gasteiger partial charge in [-0.1, -0.05) is 6.07 Å². The molecule has 1 amide bonds. The molecule has 5 nitrogen and oxygen atoms in total. The zero-order valence-corrected chi connectivity index (χ0v) is 15.6. The van der Waals surface area contributed by atoms with Crippen molar-refractivity contribution in [3.63, 3.8) is 0 Å². The number of rotatable bonds is 5. The first-order valence-electron chi connectivity index (χ1n) is 9.31. The Morgan fingerprint density at radius 2 is 1.93 bits per heavy atom. The monoisotopic (exact) mass is 400 g/mol. The fourth-order valence-corrected chi connectivity index (χ4v) is 3.31. The number of benzene rings is 1. The summed E-state index contributed by atoms with van der Waals surface area (Å²) in [5, 5.41) is 7.19. The zero-order chi connectivity index (χ0) is 20.6. The van der Waals surface area contributed by atoms with Gasteiger partial charge in [0.05, 0.1) is 34.7 Å². The fourth-order valence-electron chi connectivity index (χ4n) is 3.31. The molecule has 1 saturated carbocycles. The topological polar surface area (TPSA) is 59.8 Å². The van der Waals surface area contributed by atoms with Crippen LogP contribution in [-0.2, 0) is 6.18 Å². The molecule has 0 bridgehead atoms. The first-order valence-corrected chi connectivity index (χ1v) is 9.31. The van der Waals surface area contributed by atoms with Crippen LogP contribution in [0.3, 0.4) is 0 Å². The van der Waals surface area contributed by atoms with Crippen molar-refractivity contribution >= 4 is 5.91 Å². The molecule has 0 radical (unpaired) electrons. The number of amides is 1. The summed E-state index contributed by atoms with van der Waals surface area (Å²) in [5.74, 6) is -0.182. The summed E-state index contributed by atoms with van der Waals surface area (Å²) in [6.07, 6.45) is 2.06. The van der Waals surface area contributed by atoms with E-state index in [0.29, 0.717) is 16.9 Å². The van der Waals surface area contributed by atoms with Gasteiger partial charge in [-0.15, -0.1) is 0 Å². The number of alkyl halides is 3. The molecule has 0 spiro atoms. The number of nitrogens with one attached hydrogen (secondary N) is 1. The van der Waals surface area contributed by atoms with Crippen molar-refractivity contribution in [2.24, 2.45) is 0 Å². The Hall–Kier alpha value is -3.16. The molecule has 3 aromatic rings. The molecule has 29 heavy (non-hydrogen) atoms. The second-order valence-corrected chi connectivity index (χ2v) is 7.15. The number of carbonyl (C=O) groups is 1. The number of halogens is 3. The molecule has 1 aliphatic rings. The van der Waals surface area contributed by atoms with Crippen LogP contribution in [0.2, 0.25) is 0 Å². The molecule has 1 aliphatic carbocycles. The maximum absolute atomic E-state index is 13.1. The van der Waals surface area contributed by atoms with Crippen molar-refractivity contribution in [2.75, 3.05) is 0 Å². The zero-order valence-electron chi connectivity index (χ0n) is 15.6. The second-order valence-electron chi connectivity index (χ2n) is 7.15. The Morgan fingerprint density at radius 3 is 2.59 bits per heavy atom.